The van der Waals surface area contributed by atoms with Crippen LogP contribution in [0.1, 0.15) is 24.0 Å². The number of nitrogens with one attached hydrogen (secondary N) is 2. The van der Waals surface area contributed by atoms with E-state index in [1.807, 2.05) is 4.72 Å². The highest BCUT2D eigenvalue weighted by molar-refractivity contribution is 7.90. The highest BCUT2D eigenvalue weighted by Gasteiger charge is 2.26. The van der Waals surface area contributed by atoms with Crippen LogP contribution in [0.5, 0.6) is 0 Å². The normalized spacial score (nSPS) is 15.1. The van der Waals surface area contributed by atoms with Crippen molar-refractivity contribution in [2.24, 2.45) is 0 Å². The van der Waals surface area contributed by atoms with Gasteiger partial charge in [-0.15, -0.1) is 0 Å². The van der Waals surface area contributed by atoms with E-state index in [-0.39, 0.29) is 10.9 Å². The summed E-state index contributed by atoms with van der Waals surface area (Å²) in [4.78, 5) is 11.6. The molecule has 19 heavy (non-hydrogen) atoms. The number of carbonyl (C=O) groups is 1. The van der Waals surface area contributed by atoms with Crippen molar-refractivity contribution in [3.05, 3.63) is 23.3 Å². The molecule has 0 aliphatic heterocycles. The second kappa shape index (κ2) is 4.73. The van der Waals surface area contributed by atoms with Crippen LogP contribution in [-0.2, 0) is 10.0 Å². The van der Waals surface area contributed by atoms with Gasteiger partial charge < -0.3 is 11.1 Å². The molecule has 6 nitrogen and oxygen atoms in total. The number of hydrogen-bond donors (Lipinski definition) is 3. The second-order valence-corrected chi connectivity index (χ2v) is 6.46. The topological polar surface area (TPSA) is 101 Å². The third kappa shape index (κ3) is 3.17. The Bertz CT molecular complexity index is 621. The molecule has 0 unspecified atom stereocenters. The Morgan fingerprint density at radius 3 is 2.53 bits per heavy atom. The lowest BCUT2D eigenvalue weighted by Gasteiger charge is -2.12. The number of anilines is 1. The van der Waals surface area contributed by atoms with E-state index >= 15 is 0 Å². The van der Waals surface area contributed by atoms with Crippen LogP contribution in [0.2, 0.25) is 0 Å². The van der Waals surface area contributed by atoms with E-state index in [0.717, 1.165) is 18.4 Å². The van der Waals surface area contributed by atoms with Gasteiger partial charge in [-0.25, -0.2) is 17.9 Å². The van der Waals surface area contributed by atoms with Crippen LogP contribution < -0.4 is 15.8 Å². The Hall–Kier alpha value is -1.76. The van der Waals surface area contributed by atoms with Crippen molar-refractivity contribution in [3.63, 3.8) is 0 Å². The molecule has 0 heterocycles. The summed E-state index contributed by atoms with van der Waals surface area (Å²) in [6.45, 7) is 3.46. The van der Waals surface area contributed by atoms with Gasteiger partial charge in [0.2, 0.25) is 0 Å². The number of nitrogens with two attached hydrogens (primary N) is 1. The minimum atomic E-state index is -3.90. The minimum absolute atomic E-state index is 0.0379. The second-order valence-electron chi connectivity index (χ2n) is 4.81. The lowest BCUT2D eigenvalue weighted by atomic mass is 10.1. The SMILES string of the molecule is Cc1cc(N)cc(S(=O)(=O)NC(=O)NC2CC2)c1C. The molecule has 0 aromatic heterocycles. The lowest BCUT2D eigenvalue weighted by Crippen LogP contribution is -2.40. The quantitative estimate of drug-likeness (QED) is 0.721. The van der Waals surface area contributed by atoms with Crippen molar-refractivity contribution in [2.45, 2.75) is 37.6 Å². The number of carbonyl (C=O) groups excluding carboxylic acids is 1. The van der Waals surface area contributed by atoms with Gasteiger partial charge in [-0.1, -0.05) is 0 Å². The first-order valence-corrected chi connectivity index (χ1v) is 7.48. The standard InChI is InChI=1S/C12H17N3O3S/c1-7-5-9(13)6-11(8(7)2)19(17,18)15-12(16)14-10-3-4-10/h5-6,10H,3-4,13H2,1-2H3,(H2,14,15,16). The van der Waals surface area contributed by atoms with Gasteiger partial charge in [-0.2, -0.15) is 0 Å². The summed E-state index contributed by atoms with van der Waals surface area (Å²) in [6.07, 6.45) is 1.79. The summed E-state index contributed by atoms with van der Waals surface area (Å²) >= 11 is 0. The average Bonchev–Trinajstić information content (AvgIpc) is 3.05. The number of hydrogen-bond acceptors (Lipinski definition) is 4. The molecule has 0 atom stereocenters. The minimum Gasteiger partial charge on any atom is -0.399 e. The molecule has 1 saturated carbocycles. The molecule has 1 aliphatic rings. The monoisotopic (exact) mass is 283 g/mol. The Balaban J connectivity index is 2.25. The van der Waals surface area contributed by atoms with Crippen molar-refractivity contribution in [1.82, 2.24) is 10.0 Å². The first kappa shape index (κ1) is 13.7. The fraction of sp³-hybridized carbons (Fsp3) is 0.417. The molecule has 0 radical (unpaired) electrons. The molecule has 0 saturated heterocycles. The van der Waals surface area contributed by atoms with Crippen LogP contribution in [0.25, 0.3) is 0 Å². The van der Waals surface area contributed by atoms with Crippen molar-refractivity contribution in [2.75, 3.05) is 5.73 Å². The lowest BCUT2D eigenvalue weighted by molar-refractivity contribution is 0.245. The Morgan fingerprint density at radius 2 is 1.95 bits per heavy atom. The number of benzene rings is 1. The largest absolute Gasteiger partial charge is 0.399 e. The van der Waals surface area contributed by atoms with Gasteiger partial charge in [-0.3, -0.25) is 0 Å². The van der Waals surface area contributed by atoms with Crippen LogP contribution in [0.3, 0.4) is 0 Å². The summed E-state index contributed by atoms with van der Waals surface area (Å²) in [5.74, 6) is 0. The first-order chi connectivity index (χ1) is 8.79. The Morgan fingerprint density at radius 1 is 1.32 bits per heavy atom. The number of aryl methyl sites for hydroxylation is 1. The van der Waals surface area contributed by atoms with Gasteiger partial charge in [0.1, 0.15) is 0 Å². The maximum atomic E-state index is 12.1. The van der Waals surface area contributed by atoms with Gasteiger partial charge in [-0.05, 0) is 49.9 Å². The molecule has 2 rings (SSSR count). The first-order valence-electron chi connectivity index (χ1n) is 5.99. The maximum Gasteiger partial charge on any atom is 0.328 e. The van der Waals surface area contributed by atoms with Gasteiger partial charge in [0.25, 0.3) is 10.0 Å². The van der Waals surface area contributed by atoms with E-state index in [1.165, 1.54) is 6.07 Å². The molecule has 0 bridgehead atoms. The van der Waals surface area contributed by atoms with E-state index in [4.69, 9.17) is 5.73 Å². The highest BCUT2D eigenvalue weighted by atomic mass is 32.2. The average molecular weight is 283 g/mol. The smallest absolute Gasteiger partial charge is 0.328 e. The van der Waals surface area contributed by atoms with E-state index in [2.05, 4.69) is 5.32 Å². The van der Waals surface area contributed by atoms with Crippen LogP contribution >= 0.6 is 0 Å². The van der Waals surface area contributed by atoms with Gasteiger partial charge in [0.05, 0.1) is 4.90 Å². The third-order valence-corrected chi connectivity index (χ3v) is 4.53. The number of rotatable bonds is 3. The predicted octanol–water partition coefficient (Wildman–Crippen LogP) is 1.04. The van der Waals surface area contributed by atoms with E-state index in [0.29, 0.717) is 11.3 Å². The zero-order valence-corrected chi connectivity index (χ0v) is 11.7. The van der Waals surface area contributed by atoms with Crippen molar-refractivity contribution < 1.29 is 13.2 Å². The number of urea groups is 1. The molecule has 1 aliphatic carbocycles. The summed E-state index contributed by atoms with van der Waals surface area (Å²) in [6, 6.07) is 2.45. The highest BCUT2D eigenvalue weighted by Crippen LogP contribution is 2.22. The van der Waals surface area contributed by atoms with Crippen LogP contribution in [-0.4, -0.2) is 20.5 Å². The van der Waals surface area contributed by atoms with Crippen molar-refractivity contribution >= 4 is 21.7 Å². The van der Waals surface area contributed by atoms with E-state index in [1.54, 1.807) is 19.9 Å². The maximum absolute atomic E-state index is 12.1. The zero-order valence-electron chi connectivity index (χ0n) is 10.9. The van der Waals surface area contributed by atoms with E-state index in [9.17, 15) is 13.2 Å². The summed E-state index contributed by atoms with van der Waals surface area (Å²) in [5, 5.41) is 2.57. The summed E-state index contributed by atoms with van der Waals surface area (Å²) in [5.41, 5.74) is 7.36. The molecular formula is C12H17N3O3S. The molecule has 1 aromatic carbocycles. The predicted molar refractivity (Wildman–Crippen MR) is 72.2 cm³/mol. The fourth-order valence-corrected chi connectivity index (χ4v) is 3.02. The third-order valence-electron chi connectivity index (χ3n) is 3.07. The van der Waals surface area contributed by atoms with Crippen LogP contribution in [0.15, 0.2) is 17.0 Å². The molecule has 4 N–H and O–H groups in total. The molecule has 2 amide bonds. The zero-order chi connectivity index (χ0) is 14.2. The van der Waals surface area contributed by atoms with Crippen molar-refractivity contribution in [1.29, 1.82) is 0 Å². The van der Waals surface area contributed by atoms with Crippen molar-refractivity contribution in [3.8, 4) is 0 Å². The summed E-state index contributed by atoms with van der Waals surface area (Å²) in [7, 11) is -3.90. The van der Waals surface area contributed by atoms with Gasteiger partial charge >= 0.3 is 6.03 Å². The number of nitrogen functional groups attached to an aromatic ring is 1. The Labute approximate surface area is 112 Å². The molecule has 7 heteroatoms. The number of sulfonamides is 1. The molecular weight excluding hydrogens is 266 g/mol. The fourth-order valence-electron chi connectivity index (χ4n) is 1.75. The Kier molecular flexibility index (Phi) is 3.40. The molecule has 104 valence electrons. The molecule has 0 spiro atoms. The van der Waals surface area contributed by atoms with Crippen LogP contribution in [0, 0.1) is 13.8 Å². The molecule has 1 fully saturated rings. The van der Waals surface area contributed by atoms with E-state index < -0.39 is 16.1 Å². The van der Waals surface area contributed by atoms with Crippen LogP contribution in [0.4, 0.5) is 10.5 Å². The van der Waals surface area contributed by atoms with Gasteiger partial charge in [0.15, 0.2) is 0 Å². The summed E-state index contributed by atoms with van der Waals surface area (Å²) < 4.78 is 26.3. The molecule has 1 aromatic rings. The number of amides is 2. The van der Waals surface area contributed by atoms with Gasteiger partial charge in [0, 0.05) is 11.7 Å².